The lowest BCUT2D eigenvalue weighted by Crippen LogP contribution is -2.12. The Morgan fingerprint density at radius 1 is 0.518 bits per heavy atom. The molecule has 1 atom stereocenters. The van der Waals surface area contributed by atoms with E-state index in [4.69, 9.17) is 8.83 Å². The SMILES string of the molecule is C1=Cc2c(oc3ccccc23)C(c2ccc(N(c3ccccc3-c3ccc4oc5cc6ccccc6cc5c4c3)c3cccc4c3sc3ccccc34)cc2)C1. The minimum Gasteiger partial charge on any atom is -0.460 e. The molecule has 1 unspecified atom stereocenters. The van der Waals surface area contributed by atoms with Crippen molar-refractivity contribution in [3.05, 3.63) is 193 Å². The van der Waals surface area contributed by atoms with E-state index in [2.05, 4.69) is 181 Å². The minimum atomic E-state index is 0.150. The molecule has 11 aromatic rings. The van der Waals surface area contributed by atoms with Crippen molar-refractivity contribution in [2.24, 2.45) is 0 Å². The molecule has 0 bridgehead atoms. The van der Waals surface area contributed by atoms with E-state index in [0.29, 0.717) is 0 Å². The number of anilines is 3. The van der Waals surface area contributed by atoms with Crippen LogP contribution in [0, 0.1) is 0 Å². The van der Waals surface area contributed by atoms with Gasteiger partial charge in [0, 0.05) is 54.4 Å². The first-order valence-electron chi connectivity index (χ1n) is 19.2. The topological polar surface area (TPSA) is 29.5 Å². The Hall–Kier alpha value is -6.88. The van der Waals surface area contributed by atoms with E-state index in [9.17, 15) is 0 Å². The Bertz CT molecular complexity index is 3360. The number of furan rings is 2. The summed E-state index contributed by atoms with van der Waals surface area (Å²) in [6.07, 6.45) is 5.42. The molecule has 12 rings (SSSR count). The number of allylic oxidation sites excluding steroid dienone is 1. The minimum absolute atomic E-state index is 0.150. The van der Waals surface area contributed by atoms with E-state index in [1.54, 1.807) is 0 Å². The van der Waals surface area contributed by atoms with Crippen LogP contribution in [0.1, 0.15) is 29.2 Å². The van der Waals surface area contributed by atoms with E-state index in [1.807, 2.05) is 17.4 Å². The summed E-state index contributed by atoms with van der Waals surface area (Å²) < 4.78 is 15.5. The zero-order valence-electron chi connectivity index (χ0n) is 30.3. The molecule has 0 fully saturated rings. The predicted molar refractivity (Wildman–Crippen MR) is 236 cm³/mol. The molecule has 56 heavy (non-hydrogen) atoms. The molecule has 0 aliphatic heterocycles. The first-order chi connectivity index (χ1) is 27.7. The van der Waals surface area contributed by atoms with Gasteiger partial charge in [0.05, 0.1) is 16.1 Å². The van der Waals surface area contributed by atoms with Crippen LogP contribution in [0.2, 0.25) is 0 Å². The normalized spacial score (nSPS) is 14.1. The van der Waals surface area contributed by atoms with Crippen molar-refractivity contribution in [1.29, 1.82) is 0 Å². The van der Waals surface area contributed by atoms with Crippen molar-refractivity contribution in [2.45, 2.75) is 12.3 Å². The van der Waals surface area contributed by atoms with Gasteiger partial charge in [0.25, 0.3) is 0 Å². The van der Waals surface area contributed by atoms with Gasteiger partial charge < -0.3 is 13.7 Å². The third kappa shape index (κ3) is 4.83. The lowest BCUT2D eigenvalue weighted by atomic mass is 9.86. The summed E-state index contributed by atoms with van der Waals surface area (Å²) in [6, 6.07) is 61.4. The van der Waals surface area contributed by atoms with Crippen LogP contribution < -0.4 is 4.90 Å². The van der Waals surface area contributed by atoms with Crippen molar-refractivity contribution < 1.29 is 8.83 Å². The fraction of sp³-hybridized carbons (Fsp3) is 0.0385. The summed E-state index contributed by atoms with van der Waals surface area (Å²) in [6.45, 7) is 0. The Morgan fingerprint density at radius 2 is 1.23 bits per heavy atom. The van der Waals surface area contributed by atoms with Gasteiger partial charge in [0.15, 0.2) is 0 Å². The van der Waals surface area contributed by atoms with Crippen molar-refractivity contribution in [3.63, 3.8) is 0 Å². The summed E-state index contributed by atoms with van der Waals surface area (Å²) in [5.41, 5.74) is 10.9. The number of hydrogen-bond acceptors (Lipinski definition) is 4. The third-order valence-corrected chi connectivity index (χ3v) is 12.8. The molecule has 3 heterocycles. The Balaban J connectivity index is 1.04. The maximum Gasteiger partial charge on any atom is 0.136 e. The maximum atomic E-state index is 6.52. The largest absolute Gasteiger partial charge is 0.460 e. The van der Waals surface area contributed by atoms with E-state index >= 15 is 0 Å². The first kappa shape index (κ1) is 31.5. The van der Waals surface area contributed by atoms with Crippen LogP contribution in [0.3, 0.4) is 0 Å². The van der Waals surface area contributed by atoms with Gasteiger partial charge in [-0.15, -0.1) is 11.3 Å². The number of thiophene rings is 1. The maximum absolute atomic E-state index is 6.52. The third-order valence-electron chi connectivity index (χ3n) is 11.6. The Kier molecular flexibility index (Phi) is 6.92. The van der Waals surface area contributed by atoms with E-state index in [0.717, 1.165) is 67.9 Å². The van der Waals surface area contributed by atoms with Gasteiger partial charge in [-0.3, -0.25) is 0 Å². The average Bonchev–Trinajstić information content (AvgIpc) is 3.95. The highest BCUT2D eigenvalue weighted by atomic mass is 32.1. The summed E-state index contributed by atoms with van der Waals surface area (Å²) in [5, 5.41) is 8.37. The monoisotopic (exact) mass is 735 g/mol. The molecule has 3 aromatic heterocycles. The molecule has 0 saturated carbocycles. The smallest absolute Gasteiger partial charge is 0.136 e. The summed E-state index contributed by atoms with van der Waals surface area (Å²) in [7, 11) is 0. The van der Waals surface area contributed by atoms with Crippen LogP contribution in [0.5, 0.6) is 0 Å². The molecule has 3 nitrogen and oxygen atoms in total. The number of hydrogen-bond donors (Lipinski definition) is 0. The van der Waals surface area contributed by atoms with Crippen molar-refractivity contribution in [3.8, 4) is 11.1 Å². The molecule has 0 N–H and O–H groups in total. The predicted octanol–water partition coefficient (Wildman–Crippen LogP) is 15.5. The van der Waals surface area contributed by atoms with Gasteiger partial charge in [0.1, 0.15) is 22.5 Å². The zero-order valence-corrected chi connectivity index (χ0v) is 31.1. The van der Waals surface area contributed by atoms with Crippen molar-refractivity contribution in [2.75, 3.05) is 4.90 Å². The quantitative estimate of drug-likeness (QED) is 0.176. The highest BCUT2D eigenvalue weighted by Gasteiger charge is 2.26. The molecule has 1 aliphatic rings. The van der Waals surface area contributed by atoms with Crippen molar-refractivity contribution >= 4 is 98.3 Å². The molecule has 0 amide bonds. The van der Waals surface area contributed by atoms with Crippen LogP contribution in [0.25, 0.3) is 81.1 Å². The highest BCUT2D eigenvalue weighted by molar-refractivity contribution is 7.26. The van der Waals surface area contributed by atoms with Gasteiger partial charge in [-0.2, -0.15) is 0 Å². The van der Waals surface area contributed by atoms with E-state index < -0.39 is 0 Å². The number of nitrogens with zero attached hydrogens (tertiary/aromatic N) is 1. The fourth-order valence-electron chi connectivity index (χ4n) is 8.95. The number of para-hydroxylation sites is 2. The van der Waals surface area contributed by atoms with Gasteiger partial charge in [-0.1, -0.05) is 121 Å². The molecule has 0 radical (unpaired) electrons. The second-order valence-corrected chi connectivity index (χ2v) is 15.8. The molecule has 0 spiro atoms. The lowest BCUT2D eigenvalue weighted by molar-refractivity contribution is 0.517. The molecule has 0 saturated heterocycles. The van der Waals surface area contributed by atoms with Crippen LogP contribution in [-0.4, -0.2) is 0 Å². The molecular formula is C52H33NO2S. The zero-order chi connectivity index (χ0) is 36.7. The number of fused-ring (bicyclic) bond motifs is 10. The number of benzene rings is 8. The van der Waals surface area contributed by atoms with Crippen LogP contribution in [0.4, 0.5) is 17.1 Å². The fourth-order valence-corrected chi connectivity index (χ4v) is 10.2. The van der Waals surface area contributed by atoms with Crippen LogP contribution in [-0.2, 0) is 0 Å². The molecule has 8 aromatic carbocycles. The van der Waals surface area contributed by atoms with Crippen LogP contribution in [0.15, 0.2) is 185 Å². The number of rotatable bonds is 5. The average molecular weight is 736 g/mol. The summed E-state index contributed by atoms with van der Waals surface area (Å²) >= 11 is 1.86. The second-order valence-electron chi connectivity index (χ2n) is 14.8. The van der Waals surface area contributed by atoms with Gasteiger partial charge >= 0.3 is 0 Å². The Labute approximate surface area is 327 Å². The highest BCUT2D eigenvalue weighted by Crippen LogP contribution is 2.48. The second kappa shape index (κ2) is 12.3. The summed E-state index contributed by atoms with van der Waals surface area (Å²) in [5.74, 6) is 1.20. The first-order valence-corrected chi connectivity index (χ1v) is 20.0. The summed E-state index contributed by atoms with van der Waals surface area (Å²) in [4.78, 5) is 2.45. The van der Waals surface area contributed by atoms with Gasteiger partial charge in [-0.25, -0.2) is 0 Å². The van der Waals surface area contributed by atoms with E-state index in [-0.39, 0.29) is 5.92 Å². The lowest BCUT2D eigenvalue weighted by Gasteiger charge is -2.29. The van der Waals surface area contributed by atoms with Crippen molar-refractivity contribution in [1.82, 2.24) is 0 Å². The standard InChI is InChI=1S/C52H33NO2S/c1-2-12-34-31-49-44(29-33(34)11-1)43-30-35(25-28-48(43)54-49)37-13-3-6-19-45(37)53(46-20-10-18-42-40-15-5-8-22-50(40)56-52(42)46)36-26-23-32(24-27-36)38-16-9-17-41-39-14-4-7-21-47(39)55-51(38)41/h1-15,17-31,38H,16H2. The molecule has 264 valence electrons. The van der Waals surface area contributed by atoms with Gasteiger partial charge in [0.2, 0.25) is 0 Å². The van der Waals surface area contributed by atoms with E-state index in [1.165, 1.54) is 47.5 Å². The molecular weight excluding hydrogens is 703 g/mol. The van der Waals surface area contributed by atoms with Gasteiger partial charge in [-0.05, 0) is 89.0 Å². The molecule has 4 heteroatoms. The Morgan fingerprint density at radius 3 is 2.14 bits per heavy atom. The molecule has 1 aliphatic carbocycles. The van der Waals surface area contributed by atoms with Crippen LogP contribution >= 0.6 is 11.3 Å².